The van der Waals surface area contributed by atoms with Crippen molar-refractivity contribution in [2.24, 2.45) is 0 Å². The minimum absolute atomic E-state index is 0.0147. The zero-order valence-electron chi connectivity index (χ0n) is 25.1. The van der Waals surface area contributed by atoms with E-state index in [-0.39, 0.29) is 71.3 Å². The van der Waals surface area contributed by atoms with Crippen molar-refractivity contribution in [3.8, 4) is 35.2 Å². The fraction of sp³-hybridized carbons (Fsp3) is 0.394. The predicted octanol–water partition coefficient (Wildman–Crippen LogP) is 4.45. The number of alkyl halides is 1. The summed E-state index contributed by atoms with van der Waals surface area (Å²) in [6.45, 7) is 1.78. The van der Waals surface area contributed by atoms with E-state index in [9.17, 15) is 22.3 Å². The fourth-order valence-electron chi connectivity index (χ4n) is 7.17. The SMILES string of the molecule is C#Cc1c(F)ccc2cc(O)cc(-c3ccc4c(N5CCN(C)S(=O)(=O)CC5)nc(OC[C@@]56CCCN5CC(F)C6)nc4c3F)c12. The lowest BCUT2D eigenvalue weighted by molar-refractivity contribution is 0.107. The quantitative estimate of drug-likeness (QED) is 0.316. The summed E-state index contributed by atoms with van der Waals surface area (Å²) < 4.78 is 78.8. The molecular formula is C33H32F3N5O4S. The number of hydrogen-bond acceptors (Lipinski definition) is 8. The molecule has 240 valence electrons. The van der Waals surface area contributed by atoms with E-state index in [2.05, 4.69) is 20.8 Å². The number of phenols is 1. The van der Waals surface area contributed by atoms with Gasteiger partial charge in [0.1, 0.15) is 35.7 Å². The van der Waals surface area contributed by atoms with Gasteiger partial charge in [0.05, 0.1) is 16.9 Å². The normalized spacial score (nSPS) is 23.5. The Morgan fingerprint density at radius 2 is 1.93 bits per heavy atom. The molecule has 4 heterocycles. The van der Waals surface area contributed by atoms with Gasteiger partial charge in [-0.15, -0.1) is 6.42 Å². The molecule has 4 aromatic rings. The number of halogens is 3. The summed E-state index contributed by atoms with van der Waals surface area (Å²) >= 11 is 0. The Bertz CT molecular complexity index is 2040. The summed E-state index contributed by atoms with van der Waals surface area (Å²) in [6.07, 6.45) is 6.67. The van der Waals surface area contributed by atoms with Crippen LogP contribution in [0.1, 0.15) is 24.8 Å². The molecule has 1 unspecified atom stereocenters. The van der Waals surface area contributed by atoms with Gasteiger partial charge in [0, 0.05) is 56.0 Å². The number of aromatic nitrogens is 2. The smallest absolute Gasteiger partial charge is 0.319 e. The Balaban J connectivity index is 1.39. The van der Waals surface area contributed by atoms with Crippen LogP contribution in [0.3, 0.4) is 0 Å². The van der Waals surface area contributed by atoms with E-state index in [0.717, 1.165) is 19.4 Å². The standard InChI is InChI=1S/C33H32F3N5O4S/c1-3-23-27(35)8-5-20-15-22(42)16-26(28(20)23)24-6-7-25-30(29(24)36)37-32(45-19-33-9-4-10-41(33)18-21(34)17-33)38-31(25)40-12-11-39(2)46(43,44)14-13-40/h1,5-8,15-16,21,42H,4,9-14,17-19H2,2H3/t21?,33-/m0/s1. The molecule has 3 aromatic carbocycles. The number of benzene rings is 3. The van der Waals surface area contributed by atoms with Gasteiger partial charge in [-0.1, -0.05) is 18.1 Å². The molecule has 3 aliphatic heterocycles. The van der Waals surface area contributed by atoms with Gasteiger partial charge in [0.15, 0.2) is 5.82 Å². The molecule has 0 amide bonds. The maximum Gasteiger partial charge on any atom is 0.319 e. The Labute approximate surface area is 264 Å². The van der Waals surface area contributed by atoms with Crippen LogP contribution < -0.4 is 9.64 Å². The zero-order valence-corrected chi connectivity index (χ0v) is 26.0. The second-order valence-corrected chi connectivity index (χ2v) is 14.5. The topological polar surface area (TPSA) is 99.1 Å². The summed E-state index contributed by atoms with van der Waals surface area (Å²) in [5, 5.41) is 11.5. The summed E-state index contributed by atoms with van der Waals surface area (Å²) in [7, 11) is -1.98. The monoisotopic (exact) mass is 651 g/mol. The molecule has 0 radical (unpaired) electrons. The molecule has 9 nitrogen and oxygen atoms in total. The van der Waals surface area contributed by atoms with Gasteiger partial charge in [-0.3, -0.25) is 4.90 Å². The number of anilines is 1. The second kappa shape index (κ2) is 11.3. The van der Waals surface area contributed by atoms with Crippen molar-refractivity contribution >= 4 is 37.5 Å². The van der Waals surface area contributed by atoms with Crippen LogP contribution in [0.4, 0.5) is 19.0 Å². The van der Waals surface area contributed by atoms with Crippen LogP contribution in [-0.2, 0) is 10.0 Å². The molecule has 0 spiro atoms. The summed E-state index contributed by atoms with van der Waals surface area (Å²) in [6, 6.07) is 8.37. The van der Waals surface area contributed by atoms with Crippen LogP contribution >= 0.6 is 0 Å². The Kier molecular flexibility index (Phi) is 7.49. The molecule has 7 rings (SSSR count). The lowest BCUT2D eigenvalue weighted by atomic mass is 9.93. The number of rotatable bonds is 5. The molecule has 3 saturated heterocycles. The Hall–Kier alpha value is -4.12. The molecule has 3 fully saturated rings. The minimum atomic E-state index is -3.49. The molecule has 3 aliphatic rings. The fourth-order valence-corrected chi connectivity index (χ4v) is 8.29. The molecule has 0 bridgehead atoms. The van der Waals surface area contributed by atoms with E-state index in [1.165, 1.54) is 41.7 Å². The number of phenolic OH excluding ortho intramolecular Hbond substituents is 1. The maximum atomic E-state index is 16.8. The average molecular weight is 652 g/mol. The number of terminal acetylenes is 1. The van der Waals surface area contributed by atoms with Gasteiger partial charge >= 0.3 is 6.01 Å². The molecule has 0 aliphatic carbocycles. The Morgan fingerprint density at radius 1 is 1.11 bits per heavy atom. The number of aromatic hydroxyl groups is 1. The van der Waals surface area contributed by atoms with Crippen molar-refractivity contribution in [2.45, 2.75) is 31.0 Å². The maximum absolute atomic E-state index is 16.8. The van der Waals surface area contributed by atoms with Crippen LogP contribution in [0.15, 0.2) is 36.4 Å². The van der Waals surface area contributed by atoms with Crippen LogP contribution in [-0.4, -0.2) is 96.5 Å². The van der Waals surface area contributed by atoms with Gasteiger partial charge in [0.25, 0.3) is 0 Å². The lowest BCUT2D eigenvalue weighted by Gasteiger charge is -2.31. The molecular weight excluding hydrogens is 619 g/mol. The van der Waals surface area contributed by atoms with Crippen molar-refractivity contribution in [2.75, 3.05) is 57.0 Å². The van der Waals surface area contributed by atoms with Crippen LogP contribution in [0, 0.1) is 24.0 Å². The largest absolute Gasteiger partial charge is 0.508 e. The first-order chi connectivity index (χ1) is 22.0. The number of fused-ring (bicyclic) bond motifs is 3. The van der Waals surface area contributed by atoms with Gasteiger partial charge in [-0.2, -0.15) is 9.97 Å². The minimum Gasteiger partial charge on any atom is -0.508 e. The highest BCUT2D eigenvalue weighted by Crippen LogP contribution is 2.42. The molecule has 1 aromatic heterocycles. The van der Waals surface area contributed by atoms with Crippen molar-refractivity contribution in [3.05, 3.63) is 53.6 Å². The molecule has 0 saturated carbocycles. The van der Waals surface area contributed by atoms with E-state index in [0.29, 0.717) is 29.6 Å². The van der Waals surface area contributed by atoms with E-state index < -0.39 is 33.4 Å². The number of nitrogens with zero attached hydrogens (tertiary/aromatic N) is 5. The zero-order chi connectivity index (χ0) is 32.4. The van der Waals surface area contributed by atoms with Crippen molar-refractivity contribution in [1.29, 1.82) is 0 Å². The third-order valence-electron chi connectivity index (χ3n) is 9.56. The van der Waals surface area contributed by atoms with Crippen LogP contribution in [0.2, 0.25) is 0 Å². The van der Waals surface area contributed by atoms with Crippen molar-refractivity contribution < 1.29 is 31.4 Å². The van der Waals surface area contributed by atoms with E-state index in [1.54, 1.807) is 11.0 Å². The third kappa shape index (κ3) is 5.09. The molecule has 13 heteroatoms. The highest BCUT2D eigenvalue weighted by molar-refractivity contribution is 7.89. The first-order valence-corrected chi connectivity index (χ1v) is 16.7. The lowest BCUT2D eigenvalue weighted by Crippen LogP contribution is -2.43. The number of likely N-dealkylation sites (N-methyl/N-ethyl adjacent to an activating group) is 1. The molecule has 46 heavy (non-hydrogen) atoms. The van der Waals surface area contributed by atoms with Crippen molar-refractivity contribution in [1.82, 2.24) is 19.2 Å². The highest BCUT2D eigenvalue weighted by atomic mass is 32.2. The van der Waals surface area contributed by atoms with Crippen LogP contribution in [0.25, 0.3) is 32.8 Å². The molecule has 2 atom stereocenters. The first kappa shape index (κ1) is 30.5. The second-order valence-electron chi connectivity index (χ2n) is 12.3. The van der Waals surface area contributed by atoms with E-state index >= 15 is 4.39 Å². The van der Waals surface area contributed by atoms with Gasteiger partial charge in [-0.05, 0) is 54.6 Å². The summed E-state index contributed by atoms with van der Waals surface area (Å²) in [4.78, 5) is 13.0. The van der Waals surface area contributed by atoms with Gasteiger partial charge in [-0.25, -0.2) is 25.9 Å². The van der Waals surface area contributed by atoms with E-state index in [4.69, 9.17) is 11.2 Å². The van der Waals surface area contributed by atoms with Gasteiger partial charge < -0.3 is 14.7 Å². The number of sulfonamides is 1. The number of ether oxygens (including phenoxy) is 1. The number of hydrogen-bond donors (Lipinski definition) is 1. The highest BCUT2D eigenvalue weighted by Gasteiger charge is 2.49. The predicted molar refractivity (Wildman–Crippen MR) is 169 cm³/mol. The summed E-state index contributed by atoms with van der Waals surface area (Å²) in [5.41, 5.74) is -0.497. The first-order valence-electron chi connectivity index (χ1n) is 15.1. The average Bonchev–Trinajstić information content (AvgIpc) is 3.51. The molecule has 1 N–H and O–H groups in total. The van der Waals surface area contributed by atoms with Gasteiger partial charge in [0.2, 0.25) is 10.0 Å². The Morgan fingerprint density at radius 3 is 2.74 bits per heavy atom. The van der Waals surface area contributed by atoms with Crippen molar-refractivity contribution in [3.63, 3.8) is 0 Å². The summed E-state index contributed by atoms with van der Waals surface area (Å²) in [5.74, 6) is 0.869. The van der Waals surface area contributed by atoms with Crippen LogP contribution in [0.5, 0.6) is 11.8 Å². The van der Waals surface area contributed by atoms with E-state index in [1.807, 2.05) is 0 Å². The third-order valence-corrected chi connectivity index (χ3v) is 11.4.